The van der Waals surface area contributed by atoms with E-state index in [4.69, 9.17) is 5.14 Å². The van der Waals surface area contributed by atoms with Crippen LogP contribution in [0.4, 0.5) is 5.69 Å². The Morgan fingerprint density at radius 1 is 1.12 bits per heavy atom. The molecule has 0 saturated carbocycles. The molecule has 4 nitrogen and oxygen atoms in total. The lowest BCUT2D eigenvalue weighted by atomic mass is 10.1. The van der Waals surface area contributed by atoms with Crippen molar-refractivity contribution in [2.75, 3.05) is 5.32 Å². The van der Waals surface area contributed by atoms with Crippen LogP contribution in [0.1, 0.15) is 0 Å². The Morgan fingerprint density at radius 2 is 1.81 bits per heavy atom. The van der Waals surface area contributed by atoms with Crippen molar-refractivity contribution in [3.63, 3.8) is 0 Å². The van der Waals surface area contributed by atoms with E-state index in [1.807, 2.05) is 12.1 Å². The van der Waals surface area contributed by atoms with E-state index in [1.54, 1.807) is 24.3 Å². The van der Waals surface area contributed by atoms with Crippen molar-refractivity contribution in [3.8, 4) is 0 Å². The van der Waals surface area contributed by atoms with Crippen LogP contribution in [0.25, 0.3) is 10.8 Å². The average Bonchev–Trinajstić information content (AvgIpc) is 2.29. The van der Waals surface area contributed by atoms with E-state index in [9.17, 15) is 9.00 Å². The molecule has 0 saturated heterocycles. The van der Waals surface area contributed by atoms with Crippen LogP contribution in [0.15, 0.2) is 41.3 Å². The summed E-state index contributed by atoms with van der Waals surface area (Å²) in [6.07, 6.45) is 0.612. The van der Waals surface area contributed by atoms with E-state index in [0.29, 0.717) is 17.0 Å². The summed E-state index contributed by atoms with van der Waals surface area (Å²) in [6.45, 7) is 0. The van der Waals surface area contributed by atoms with Gasteiger partial charge in [-0.3, -0.25) is 4.79 Å². The summed E-state index contributed by atoms with van der Waals surface area (Å²) in [6, 6.07) is 10.7. The van der Waals surface area contributed by atoms with Gasteiger partial charge in [0.25, 0.3) is 0 Å². The Kier molecular flexibility index (Phi) is 2.98. The number of hydrogen-bond donors (Lipinski definition) is 2. The quantitative estimate of drug-likeness (QED) is 0.788. The maximum atomic E-state index is 11.3. The minimum atomic E-state index is -1.53. The number of benzene rings is 2. The highest BCUT2D eigenvalue weighted by molar-refractivity contribution is 7.83. The van der Waals surface area contributed by atoms with Crippen molar-refractivity contribution in [3.05, 3.63) is 36.4 Å². The summed E-state index contributed by atoms with van der Waals surface area (Å²) < 4.78 is 11.3. The Bertz CT molecular complexity index is 569. The normalized spacial score (nSPS) is 12.3. The van der Waals surface area contributed by atoms with Crippen LogP contribution >= 0.6 is 0 Å². The second-order valence-electron chi connectivity index (χ2n) is 3.22. The zero-order valence-corrected chi connectivity index (χ0v) is 9.16. The summed E-state index contributed by atoms with van der Waals surface area (Å²) in [4.78, 5) is 11.0. The molecule has 0 aliphatic carbocycles. The van der Waals surface area contributed by atoms with Crippen molar-refractivity contribution in [1.82, 2.24) is 0 Å². The monoisotopic (exact) mass is 234 g/mol. The summed E-state index contributed by atoms with van der Waals surface area (Å²) in [7, 11) is -1.53. The molecule has 0 spiro atoms. The third-order valence-electron chi connectivity index (χ3n) is 2.31. The number of hydrogen-bond acceptors (Lipinski definition) is 2. The van der Waals surface area contributed by atoms with Gasteiger partial charge in [0.2, 0.25) is 6.41 Å². The smallest absolute Gasteiger partial charge is 0.211 e. The standard InChI is InChI=1S/C11H10N2O2S/c12-16(15)11-6-2-3-8-9(11)4-1-5-10(8)13-7-14/h1-7H,12H2,(H,13,14). The predicted octanol–water partition coefficient (Wildman–Crippen LogP) is 1.39. The third-order valence-corrected chi connectivity index (χ3v) is 3.10. The van der Waals surface area contributed by atoms with E-state index in [0.717, 1.165) is 10.8 Å². The van der Waals surface area contributed by atoms with Crippen molar-refractivity contribution in [2.45, 2.75) is 4.90 Å². The van der Waals surface area contributed by atoms with Gasteiger partial charge in [-0.15, -0.1) is 0 Å². The lowest BCUT2D eigenvalue weighted by molar-refractivity contribution is -0.105. The molecule has 0 aromatic heterocycles. The molecule has 0 aliphatic heterocycles. The molecule has 0 heterocycles. The van der Waals surface area contributed by atoms with Crippen molar-refractivity contribution in [2.24, 2.45) is 5.14 Å². The molecule has 3 N–H and O–H groups in total. The van der Waals surface area contributed by atoms with Crippen LogP contribution in [0, 0.1) is 0 Å². The first-order chi connectivity index (χ1) is 7.74. The zero-order valence-electron chi connectivity index (χ0n) is 8.34. The number of anilines is 1. The van der Waals surface area contributed by atoms with Crippen molar-refractivity contribution in [1.29, 1.82) is 0 Å². The van der Waals surface area contributed by atoms with Crippen LogP contribution in [0.3, 0.4) is 0 Å². The molecule has 0 aliphatic rings. The van der Waals surface area contributed by atoms with Gasteiger partial charge in [-0.25, -0.2) is 9.35 Å². The number of amides is 1. The molecular weight excluding hydrogens is 224 g/mol. The molecule has 2 aromatic rings. The van der Waals surface area contributed by atoms with Crippen LogP contribution in [0.5, 0.6) is 0 Å². The van der Waals surface area contributed by atoms with E-state index in [1.165, 1.54) is 0 Å². The minimum Gasteiger partial charge on any atom is -0.328 e. The molecule has 1 atom stereocenters. The first kappa shape index (κ1) is 10.8. The summed E-state index contributed by atoms with van der Waals surface area (Å²) in [5, 5.41) is 9.59. The van der Waals surface area contributed by atoms with Gasteiger partial charge in [0, 0.05) is 16.5 Å². The Hall–Kier alpha value is -1.72. The van der Waals surface area contributed by atoms with E-state index >= 15 is 0 Å². The zero-order chi connectivity index (χ0) is 11.5. The highest BCUT2D eigenvalue weighted by Gasteiger charge is 2.06. The van der Waals surface area contributed by atoms with Gasteiger partial charge in [0.1, 0.15) is 11.0 Å². The highest BCUT2D eigenvalue weighted by Crippen LogP contribution is 2.26. The first-order valence-electron chi connectivity index (χ1n) is 4.62. The van der Waals surface area contributed by atoms with Gasteiger partial charge in [-0.05, 0) is 12.1 Å². The minimum absolute atomic E-state index is 0.562. The molecule has 2 rings (SSSR count). The number of fused-ring (bicyclic) bond motifs is 1. The molecule has 1 amide bonds. The fourth-order valence-electron chi connectivity index (χ4n) is 1.65. The second kappa shape index (κ2) is 4.42. The van der Waals surface area contributed by atoms with Crippen LogP contribution < -0.4 is 10.5 Å². The summed E-state index contributed by atoms with van der Waals surface area (Å²) >= 11 is 0. The largest absolute Gasteiger partial charge is 0.328 e. The first-order valence-corrected chi connectivity index (χ1v) is 5.83. The van der Waals surface area contributed by atoms with E-state index in [-0.39, 0.29) is 0 Å². The lowest BCUT2D eigenvalue weighted by Crippen LogP contribution is -2.03. The van der Waals surface area contributed by atoms with Gasteiger partial charge < -0.3 is 5.32 Å². The SMILES string of the molecule is NS(=O)c1cccc2c(NC=O)cccc12. The third kappa shape index (κ3) is 1.82. The molecule has 5 heteroatoms. The Labute approximate surface area is 95.0 Å². The van der Waals surface area contributed by atoms with Gasteiger partial charge in [0.05, 0.1) is 4.90 Å². The molecule has 0 fully saturated rings. The van der Waals surface area contributed by atoms with E-state index in [2.05, 4.69) is 5.32 Å². The Morgan fingerprint density at radius 3 is 2.50 bits per heavy atom. The molecule has 0 radical (unpaired) electrons. The van der Waals surface area contributed by atoms with Gasteiger partial charge in [-0.2, -0.15) is 0 Å². The highest BCUT2D eigenvalue weighted by atomic mass is 32.2. The molecule has 1 unspecified atom stereocenters. The predicted molar refractivity (Wildman–Crippen MR) is 64.2 cm³/mol. The molecule has 2 aromatic carbocycles. The Balaban J connectivity index is 2.75. The maximum Gasteiger partial charge on any atom is 0.211 e. The van der Waals surface area contributed by atoms with Crippen LogP contribution in [-0.4, -0.2) is 10.6 Å². The van der Waals surface area contributed by atoms with Crippen molar-refractivity contribution >= 4 is 33.9 Å². The van der Waals surface area contributed by atoms with Gasteiger partial charge >= 0.3 is 0 Å². The van der Waals surface area contributed by atoms with E-state index < -0.39 is 11.0 Å². The second-order valence-corrected chi connectivity index (χ2v) is 4.25. The molecule has 0 bridgehead atoms. The average molecular weight is 234 g/mol. The molecule has 16 heavy (non-hydrogen) atoms. The maximum absolute atomic E-state index is 11.3. The van der Waals surface area contributed by atoms with Gasteiger partial charge in [0.15, 0.2) is 0 Å². The molecule has 82 valence electrons. The number of nitrogens with one attached hydrogen (secondary N) is 1. The lowest BCUT2D eigenvalue weighted by Gasteiger charge is -2.07. The summed E-state index contributed by atoms with van der Waals surface area (Å²) in [5.41, 5.74) is 0.680. The fraction of sp³-hybridized carbons (Fsp3) is 0. The molecular formula is C11H10N2O2S. The van der Waals surface area contributed by atoms with Crippen molar-refractivity contribution < 1.29 is 9.00 Å². The number of nitrogens with two attached hydrogens (primary N) is 1. The number of carbonyl (C=O) groups excluding carboxylic acids is 1. The van der Waals surface area contributed by atoms with Crippen LogP contribution in [-0.2, 0) is 15.8 Å². The summed E-state index contributed by atoms with van der Waals surface area (Å²) in [5.74, 6) is 0. The number of carbonyl (C=O) groups is 1. The topological polar surface area (TPSA) is 72.2 Å². The van der Waals surface area contributed by atoms with Crippen LogP contribution in [0.2, 0.25) is 0 Å². The fourth-order valence-corrected chi connectivity index (χ4v) is 2.25. The number of rotatable bonds is 3. The van der Waals surface area contributed by atoms with Gasteiger partial charge in [-0.1, -0.05) is 24.3 Å².